The molecule has 0 bridgehead atoms. The van der Waals surface area contributed by atoms with Gasteiger partial charge in [-0.3, -0.25) is 4.57 Å². The standard InChI is InChI=1S/C34H51N7O4SSi/c1-33(2,3)22-12-13-24-23(17-22)39-26(41(24)21-42-14-16-47(6,7)8)11-9-10-15-46-18-25-28-29(45-34(4,5)44-28)32(43-25)40-20-38-27-30(35)36-19-37-31(27)40/h12-13,17,19-20,25,28-29,32H,9-11,14-16,18,21H2,1-8H3,(H2,35,36,37)/t25-,28-,29-,32-/m1/s1. The van der Waals surface area contributed by atoms with Crippen LogP contribution in [0.25, 0.3) is 22.2 Å². The van der Waals surface area contributed by atoms with E-state index in [1.807, 2.05) is 30.2 Å². The average molecular weight is 682 g/mol. The first kappa shape index (κ1) is 34.3. The molecule has 0 radical (unpaired) electrons. The predicted molar refractivity (Wildman–Crippen MR) is 190 cm³/mol. The van der Waals surface area contributed by atoms with Gasteiger partial charge in [0.15, 0.2) is 23.5 Å². The van der Waals surface area contributed by atoms with E-state index in [2.05, 4.69) is 78.1 Å². The molecule has 0 saturated carbocycles. The molecule has 0 amide bonds. The molecule has 4 aromatic rings. The molecule has 11 nitrogen and oxygen atoms in total. The number of anilines is 1. The first-order chi connectivity index (χ1) is 22.2. The average Bonchev–Trinajstić information content (AvgIpc) is 3.72. The first-order valence-electron chi connectivity index (χ1n) is 16.8. The summed E-state index contributed by atoms with van der Waals surface area (Å²) in [5.41, 5.74) is 10.8. The van der Waals surface area contributed by atoms with E-state index in [4.69, 9.17) is 29.7 Å². The van der Waals surface area contributed by atoms with Crippen LogP contribution in [-0.2, 0) is 37.5 Å². The molecule has 3 aromatic heterocycles. The molecule has 2 N–H and O–H groups in total. The second-order valence-corrected chi connectivity index (χ2v) is 22.3. The molecule has 0 spiro atoms. The number of imidazole rings is 2. The van der Waals surface area contributed by atoms with E-state index in [9.17, 15) is 0 Å². The van der Waals surface area contributed by atoms with Crippen LogP contribution < -0.4 is 5.73 Å². The SMILES string of the molecule is CC1(C)O[C@@H]2[C@H](O1)[C@@H](CSCCCCc1nc3cc(C(C)(C)C)ccc3n1COCC[Si](C)(C)C)O[C@H]2n1cnc2c(N)ncnc21. The number of nitrogen functional groups attached to an aromatic ring is 1. The maximum atomic E-state index is 6.57. The minimum Gasteiger partial charge on any atom is -0.382 e. The highest BCUT2D eigenvalue weighted by molar-refractivity contribution is 7.99. The molecular formula is C34H51N7O4SSi. The van der Waals surface area contributed by atoms with Crippen molar-refractivity contribution in [3.05, 3.63) is 42.2 Å². The van der Waals surface area contributed by atoms with Gasteiger partial charge >= 0.3 is 0 Å². The number of unbranched alkanes of at least 4 members (excludes halogenated alkanes) is 1. The first-order valence-corrected chi connectivity index (χ1v) is 21.7. The van der Waals surface area contributed by atoms with Crippen molar-refractivity contribution in [2.24, 2.45) is 0 Å². The molecule has 2 saturated heterocycles. The van der Waals surface area contributed by atoms with E-state index in [-0.39, 0.29) is 23.7 Å². The van der Waals surface area contributed by atoms with Crippen LogP contribution in [0.5, 0.6) is 0 Å². The Morgan fingerprint density at radius 1 is 1.06 bits per heavy atom. The molecule has 47 heavy (non-hydrogen) atoms. The van der Waals surface area contributed by atoms with Crippen LogP contribution in [0.15, 0.2) is 30.9 Å². The number of aryl methyl sites for hydroxylation is 1. The highest BCUT2D eigenvalue weighted by Gasteiger charge is 2.56. The van der Waals surface area contributed by atoms with Crippen LogP contribution in [0.2, 0.25) is 25.7 Å². The van der Waals surface area contributed by atoms with Crippen molar-refractivity contribution < 1.29 is 18.9 Å². The zero-order valence-corrected chi connectivity index (χ0v) is 31.0. The molecule has 256 valence electrons. The minimum absolute atomic E-state index is 0.0760. The van der Waals surface area contributed by atoms with Crippen molar-refractivity contribution in [2.45, 2.75) is 122 Å². The van der Waals surface area contributed by atoms with Gasteiger partial charge in [-0.25, -0.2) is 19.9 Å². The van der Waals surface area contributed by atoms with Crippen molar-refractivity contribution in [2.75, 3.05) is 23.8 Å². The highest BCUT2D eigenvalue weighted by atomic mass is 32.2. The number of hydrogen-bond acceptors (Lipinski definition) is 10. The number of hydrogen-bond donors (Lipinski definition) is 1. The molecule has 0 aliphatic carbocycles. The smallest absolute Gasteiger partial charge is 0.167 e. The Labute approximate surface area is 283 Å². The van der Waals surface area contributed by atoms with Gasteiger partial charge in [-0.05, 0) is 61.6 Å². The number of fused-ring (bicyclic) bond motifs is 3. The fourth-order valence-electron chi connectivity index (χ4n) is 6.28. The van der Waals surface area contributed by atoms with E-state index in [0.717, 1.165) is 60.3 Å². The summed E-state index contributed by atoms with van der Waals surface area (Å²) in [5.74, 6) is 2.58. The quantitative estimate of drug-likeness (QED) is 0.123. The molecule has 2 aliphatic rings. The second-order valence-electron chi connectivity index (χ2n) is 15.5. The summed E-state index contributed by atoms with van der Waals surface area (Å²) >= 11 is 1.89. The van der Waals surface area contributed by atoms with Crippen molar-refractivity contribution in [3.63, 3.8) is 0 Å². The van der Waals surface area contributed by atoms with Crippen LogP contribution in [0.1, 0.15) is 65.1 Å². The zero-order valence-electron chi connectivity index (χ0n) is 29.2. The molecule has 4 atom stereocenters. The number of nitrogens with zero attached hydrogens (tertiary/aromatic N) is 6. The summed E-state index contributed by atoms with van der Waals surface area (Å²) in [6.07, 6.45) is 5.20. The van der Waals surface area contributed by atoms with Crippen LogP contribution in [0, 0.1) is 0 Å². The molecule has 1 aromatic carbocycles. The van der Waals surface area contributed by atoms with Gasteiger partial charge in [-0.2, -0.15) is 11.8 Å². The van der Waals surface area contributed by atoms with Gasteiger partial charge in [-0.15, -0.1) is 0 Å². The number of thioether (sulfide) groups is 1. The topological polar surface area (TPSA) is 124 Å². The van der Waals surface area contributed by atoms with Crippen LogP contribution in [0.4, 0.5) is 5.82 Å². The number of rotatable bonds is 13. The van der Waals surface area contributed by atoms with Gasteiger partial charge in [0, 0.05) is 26.9 Å². The molecule has 2 aliphatic heterocycles. The zero-order chi connectivity index (χ0) is 33.6. The van der Waals surface area contributed by atoms with Gasteiger partial charge in [0.1, 0.15) is 36.6 Å². The Morgan fingerprint density at radius 2 is 1.85 bits per heavy atom. The molecule has 13 heteroatoms. The Hall–Kier alpha value is -2.55. The van der Waals surface area contributed by atoms with Crippen LogP contribution in [-0.4, -0.2) is 79.4 Å². The molecule has 0 unspecified atom stereocenters. The molecule has 5 heterocycles. The maximum absolute atomic E-state index is 6.57. The fourth-order valence-corrected chi connectivity index (χ4v) is 8.11. The van der Waals surface area contributed by atoms with Crippen molar-refractivity contribution in [3.8, 4) is 0 Å². The summed E-state index contributed by atoms with van der Waals surface area (Å²) < 4.78 is 29.6. The summed E-state index contributed by atoms with van der Waals surface area (Å²) in [4.78, 5) is 18.0. The lowest BCUT2D eigenvalue weighted by molar-refractivity contribution is -0.193. The summed E-state index contributed by atoms with van der Waals surface area (Å²) in [5, 5.41) is 0. The lowest BCUT2D eigenvalue weighted by Gasteiger charge is -2.24. The lowest BCUT2D eigenvalue weighted by Crippen LogP contribution is -2.31. The summed E-state index contributed by atoms with van der Waals surface area (Å²) in [7, 11) is -1.15. The normalized spacial score (nSPS) is 22.9. The number of benzene rings is 1. The minimum atomic E-state index is -1.15. The van der Waals surface area contributed by atoms with Crippen LogP contribution >= 0.6 is 11.8 Å². The number of aromatic nitrogens is 6. The van der Waals surface area contributed by atoms with E-state index < -0.39 is 20.1 Å². The third kappa shape index (κ3) is 7.70. The van der Waals surface area contributed by atoms with Crippen LogP contribution in [0.3, 0.4) is 0 Å². The number of ether oxygens (including phenoxy) is 4. The largest absolute Gasteiger partial charge is 0.382 e. The molecular weight excluding hydrogens is 631 g/mol. The van der Waals surface area contributed by atoms with Gasteiger partial charge in [-0.1, -0.05) is 46.5 Å². The highest BCUT2D eigenvalue weighted by Crippen LogP contribution is 2.44. The third-order valence-electron chi connectivity index (χ3n) is 8.92. The monoisotopic (exact) mass is 681 g/mol. The Bertz CT molecular complexity index is 1700. The van der Waals surface area contributed by atoms with E-state index in [0.29, 0.717) is 23.7 Å². The second kappa shape index (κ2) is 13.4. The third-order valence-corrected chi connectivity index (χ3v) is 11.8. The fraction of sp³-hybridized carbons (Fsp3) is 0.647. The molecule has 2 fully saturated rings. The van der Waals surface area contributed by atoms with Crippen molar-refractivity contribution in [1.82, 2.24) is 29.1 Å². The summed E-state index contributed by atoms with van der Waals surface area (Å²) in [6, 6.07) is 7.86. The van der Waals surface area contributed by atoms with E-state index in [1.165, 1.54) is 11.9 Å². The Balaban J connectivity index is 1.06. The Kier molecular flexibility index (Phi) is 9.78. The van der Waals surface area contributed by atoms with Gasteiger partial charge < -0.3 is 29.2 Å². The van der Waals surface area contributed by atoms with E-state index in [1.54, 1.807) is 6.33 Å². The molecule has 6 rings (SSSR count). The van der Waals surface area contributed by atoms with Gasteiger partial charge in [0.25, 0.3) is 0 Å². The Morgan fingerprint density at radius 3 is 2.62 bits per heavy atom. The van der Waals surface area contributed by atoms with Crippen molar-refractivity contribution in [1.29, 1.82) is 0 Å². The maximum Gasteiger partial charge on any atom is 0.167 e. The number of nitrogens with two attached hydrogens (primary N) is 1. The van der Waals surface area contributed by atoms with E-state index >= 15 is 0 Å². The predicted octanol–water partition coefficient (Wildman–Crippen LogP) is 6.54. The van der Waals surface area contributed by atoms with Gasteiger partial charge in [0.2, 0.25) is 0 Å². The summed E-state index contributed by atoms with van der Waals surface area (Å²) in [6.45, 7) is 19.2. The lowest BCUT2D eigenvalue weighted by atomic mass is 9.87. The van der Waals surface area contributed by atoms with Crippen molar-refractivity contribution >= 4 is 47.9 Å². The van der Waals surface area contributed by atoms with Gasteiger partial charge in [0.05, 0.1) is 23.5 Å².